The molecule has 0 aliphatic heterocycles. The Labute approximate surface area is 140 Å². The number of esters is 1. The van der Waals surface area contributed by atoms with Crippen LogP contribution in [0.3, 0.4) is 0 Å². The van der Waals surface area contributed by atoms with Crippen molar-refractivity contribution in [3.8, 4) is 0 Å². The number of hydrogen-bond donors (Lipinski definition) is 0. The van der Waals surface area contributed by atoms with Crippen molar-refractivity contribution in [2.45, 2.75) is 19.9 Å². The van der Waals surface area contributed by atoms with E-state index in [2.05, 4.69) is 12.1 Å². The normalized spacial score (nSPS) is 10.8. The van der Waals surface area contributed by atoms with Crippen LogP contribution in [-0.4, -0.2) is 17.6 Å². The summed E-state index contributed by atoms with van der Waals surface area (Å²) in [5.74, 6) is -0.599. The van der Waals surface area contributed by atoms with E-state index in [9.17, 15) is 9.59 Å². The second kappa shape index (κ2) is 6.71. The lowest BCUT2D eigenvalue weighted by atomic mass is 10.0. The van der Waals surface area contributed by atoms with Crippen LogP contribution in [-0.2, 0) is 17.7 Å². The van der Waals surface area contributed by atoms with Gasteiger partial charge in [-0.3, -0.25) is 4.79 Å². The highest BCUT2D eigenvalue weighted by molar-refractivity contribution is 5.93. The van der Waals surface area contributed by atoms with Crippen molar-refractivity contribution >= 4 is 16.9 Å². The Hall–Kier alpha value is -2.88. The third-order valence-electron chi connectivity index (χ3n) is 4.14. The number of pyridine rings is 1. The van der Waals surface area contributed by atoms with Crippen LogP contribution in [0.2, 0.25) is 0 Å². The molecular formula is C20H19NO3. The van der Waals surface area contributed by atoms with Crippen molar-refractivity contribution in [3.05, 3.63) is 81.6 Å². The predicted octanol–water partition coefficient (Wildman–Crippen LogP) is 3.40. The van der Waals surface area contributed by atoms with E-state index in [1.807, 2.05) is 47.9 Å². The van der Waals surface area contributed by atoms with Gasteiger partial charge < -0.3 is 9.30 Å². The Balaban J connectivity index is 2.15. The molecule has 0 atom stereocenters. The Kier molecular flexibility index (Phi) is 4.47. The molecule has 2 aromatic carbocycles. The lowest BCUT2D eigenvalue weighted by molar-refractivity contribution is 0.0598. The molecule has 0 N–H and O–H groups in total. The Bertz CT molecular complexity index is 942. The average Bonchev–Trinajstić information content (AvgIpc) is 2.62. The van der Waals surface area contributed by atoms with Crippen LogP contribution in [0.5, 0.6) is 0 Å². The van der Waals surface area contributed by atoms with Gasteiger partial charge in [-0.05, 0) is 36.6 Å². The molecule has 0 radical (unpaired) electrons. The highest BCUT2D eigenvalue weighted by Gasteiger charge is 2.15. The largest absolute Gasteiger partial charge is 0.465 e. The average molecular weight is 321 g/mol. The molecule has 0 aliphatic carbocycles. The quantitative estimate of drug-likeness (QED) is 0.692. The third kappa shape index (κ3) is 2.95. The molecule has 0 unspecified atom stereocenters. The van der Waals surface area contributed by atoms with Crippen molar-refractivity contribution in [2.24, 2.45) is 0 Å². The SMILES string of the molecule is CCn1cc(C(=O)OC)c(=O)c2cc(Cc3ccccc3)ccc21. The van der Waals surface area contributed by atoms with Crippen LogP contribution in [0.1, 0.15) is 28.4 Å². The van der Waals surface area contributed by atoms with Gasteiger partial charge in [0, 0.05) is 18.1 Å². The number of methoxy groups -OCH3 is 1. The zero-order valence-corrected chi connectivity index (χ0v) is 13.8. The van der Waals surface area contributed by atoms with Crippen LogP contribution >= 0.6 is 0 Å². The van der Waals surface area contributed by atoms with Crippen LogP contribution in [0, 0.1) is 0 Å². The Morgan fingerprint density at radius 1 is 1.08 bits per heavy atom. The summed E-state index contributed by atoms with van der Waals surface area (Å²) >= 11 is 0. The molecule has 0 bridgehead atoms. The van der Waals surface area contributed by atoms with E-state index in [4.69, 9.17) is 4.74 Å². The van der Waals surface area contributed by atoms with Gasteiger partial charge in [-0.25, -0.2) is 4.79 Å². The van der Waals surface area contributed by atoms with Gasteiger partial charge in [-0.15, -0.1) is 0 Å². The zero-order valence-electron chi connectivity index (χ0n) is 13.8. The Morgan fingerprint density at radius 2 is 1.83 bits per heavy atom. The van der Waals surface area contributed by atoms with Crippen LogP contribution < -0.4 is 5.43 Å². The zero-order chi connectivity index (χ0) is 17.1. The van der Waals surface area contributed by atoms with E-state index in [0.717, 1.165) is 17.5 Å². The number of aromatic nitrogens is 1. The second-order valence-corrected chi connectivity index (χ2v) is 5.66. The highest BCUT2D eigenvalue weighted by Crippen LogP contribution is 2.17. The number of fused-ring (bicyclic) bond motifs is 1. The smallest absolute Gasteiger partial charge is 0.343 e. The summed E-state index contributed by atoms with van der Waals surface area (Å²) < 4.78 is 6.64. The molecule has 1 aromatic heterocycles. The number of aryl methyl sites for hydroxylation is 1. The lowest BCUT2D eigenvalue weighted by Crippen LogP contribution is -2.20. The van der Waals surface area contributed by atoms with Crippen LogP contribution in [0.25, 0.3) is 10.9 Å². The number of nitrogens with zero attached hydrogens (tertiary/aromatic N) is 1. The van der Waals surface area contributed by atoms with Crippen LogP contribution in [0.15, 0.2) is 59.5 Å². The molecule has 122 valence electrons. The number of ether oxygens (including phenoxy) is 1. The standard InChI is InChI=1S/C20H19NO3/c1-3-21-13-17(20(23)24-2)19(22)16-12-15(9-10-18(16)21)11-14-7-5-4-6-8-14/h4-10,12-13H,3,11H2,1-2H3. The first kappa shape index (κ1) is 16.0. The van der Waals surface area contributed by atoms with E-state index in [0.29, 0.717) is 11.9 Å². The maximum atomic E-state index is 12.7. The highest BCUT2D eigenvalue weighted by atomic mass is 16.5. The molecule has 1 heterocycles. The molecule has 0 fully saturated rings. The van der Waals surface area contributed by atoms with Crippen molar-refractivity contribution in [1.29, 1.82) is 0 Å². The first-order valence-corrected chi connectivity index (χ1v) is 7.92. The second-order valence-electron chi connectivity index (χ2n) is 5.66. The molecule has 3 rings (SSSR count). The van der Waals surface area contributed by atoms with Crippen molar-refractivity contribution < 1.29 is 9.53 Å². The number of benzene rings is 2. The number of carbonyl (C=O) groups excluding carboxylic acids is 1. The maximum absolute atomic E-state index is 12.7. The van der Waals surface area contributed by atoms with Crippen LogP contribution in [0.4, 0.5) is 0 Å². The van der Waals surface area contributed by atoms with E-state index in [1.165, 1.54) is 12.7 Å². The monoisotopic (exact) mass is 321 g/mol. The van der Waals surface area contributed by atoms with Gasteiger partial charge in [0.2, 0.25) is 5.43 Å². The van der Waals surface area contributed by atoms with E-state index in [-0.39, 0.29) is 11.0 Å². The molecule has 4 nitrogen and oxygen atoms in total. The van der Waals surface area contributed by atoms with Gasteiger partial charge in [0.15, 0.2) is 0 Å². The molecule has 0 aliphatic rings. The minimum absolute atomic E-state index is 0.0729. The van der Waals surface area contributed by atoms with Crippen molar-refractivity contribution in [3.63, 3.8) is 0 Å². The summed E-state index contributed by atoms with van der Waals surface area (Å²) in [6.45, 7) is 2.64. The fraction of sp³-hybridized carbons (Fsp3) is 0.200. The minimum Gasteiger partial charge on any atom is -0.465 e. The third-order valence-corrected chi connectivity index (χ3v) is 4.14. The Morgan fingerprint density at radius 3 is 2.50 bits per heavy atom. The topological polar surface area (TPSA) is 48.3 Å². The summed E-state index contributed by atoms with van der Waals surface area (Å²) in [7, 11) is 1.29. The molecule has 0 spiro atoms. The minimum atomic E-state index is -0.599. The molecule has 0 saturated carbocycles. The first-order chi connectivity index (χ1) is 11.6. The van der Waals surface area contributed by atoms with Gasteiger partial charge >= 0.3 is 5.97 Å². The van der Waals surface area contributed by atoms with E-state index in [1.54, 1.807) is 6.20 Å². The van der Waals surface area contributed by atoms with Gasteiger partial charge in [-0.2, -0.15) is 0 Å². The summed E-state index contributed by atoms with van der Waals surface area (Å²) in [5, 5.41) is 0.549. The first-order valence-electron chi connectivity index (χ1n) is 7.92. The summed E-state index contributed by atoms with van der Waals surface area (Å²) in [6.07, 6.45) is 2.32. The number of rotatable bonds is 4. The number of carbonyl (C=O) groups is 1. The van der Waals surface area contributed by atoms with Gasteiger partial charge in [0.05, 0.1) is 12.6 Å². The molecule has 4 heteroatoms. The molecule has 0 amide bonds. The molecule has 0 saturated heterocycles. The fourth-order valence-electron chi connectivity index (χ4n) is 2.90. The lowest BCUT2D eigenvalue weighted by Gasteiger charge is -2.12. The predicted molar refractivity (Wildman–Crippen MR) is 94.5 cm³/mol. The van der Waals surface area contributed by atoms with E-state index < -0.39 is 5.97 Å². The number of hydrogen-bond acceptors (Lipinski definition) is 3. The van der Waals surface area contributed by atoms with Gasteiger partial charge in [0.25, 0.3) is 0 Å². The molecule has 24 heavy (non-hydrogen) atoms. The summed E-state index contributed by atoms with van der Waals surface area (Å²) in [4.78, 5) is 24.6. The van der Waals surface area contributed by atoms with Crippen molar-refractivity contribution in [2.75, 3.05) is 7.11 Å². The fourth-order valence-corrected chi connectivity index (χ4v) is 2.90. The van der Waals surface area contributed by atoms with E-state index >= 15 is 0 Å². The van der Waals surface area contributed by atoms with Gasteiger partial charge in [-0.1, -0.05) is 36.4 Å². The maximum Gasteiger partial charge on any atom is 0.343 e. The summed E-state index contributed by atoms with van der Waals surface area (Å²) in [6, 6.07) is 15.9. The van der Waals surface area contributed by atoms with Crippen molar-refractivity contribution in [1.82, 2.24) is 4.57 Å². The molecular weight excluding hydrogens is 302 g/mol. The molecule has 3 aromatic rings. The van der Waals surface area contributed by atoms with Gasteiger partial charge in [0.1, 0.15) is 5.56 Å². The summed E-state index contributed by atoms with van der Waals surface area (Å²) in [5.41, 5.74) is 2.83.